The van der Waals surface area contributed by atoms with Gasteiger partial charge in [0.2, 0.25) is 0 Å². The van der Waals surface area contributed by atoms with E-state index in [-0.39, 0.29) is 36.3 Å². The predicted octanol–water partition coefficient (Wildman–Crippen LogP) is 2.98. The highest BCUT2D eigenvalue weighted by Crippen LogP contribution is 2.32. The maximum absolute atomic E-state index is 13.1. The van der Waals surface area contributed by atoms with E-state index in [1.54, 1.807) is 6.20 Å². The van der Waals surface area contributed by atoms with Crippen molar-refractivity contribution in [2.75, 3.05) is 32.8 Å². The molecule has 3 fully saturated rings. The summed E-state index contributed by atoms with van der Waals surface area (Å²) in [6.07, 6.45) is 10.5. The Balaban J connectivity index is 0.00000120. The third kappa shape index (κ3) is 4.24. The largest absolute Gasteiger partial charge is 0.371 e. The van der Waals surface area contributed by atoms with Gasteiger partial charge in [0.1, 0.15) is 5.52 Å². The SMILES string of the molecule is Cl.Cl.O=C(c1cnc2c(c1)ncn2C1CCCC1)N1CCOC2(CCNCC2)C1. The fourth-order valence-electron chi connectivity index (χ4n) is 4.87. The molecule has 9 heteroatoms. The van der Waals surface area contributed by atoms with Crippen molar-refractivity contribution in [3.05, 3.63) is 24.2 Å². The highest BCUT2D eigenvalue weighted by atomic mass is 35.5. The Labute approximate surface area is 183 Å². The number of nitrogens with one attached hydrogen (secondary N) is 1. The fourth-order valence-corrected chi connectivity index (χ4v) is 4.87. The molecule has 5 rings (SSSR count). The minimum absolute atomic E-state index is 0. The second-order valence-corrected chi connectivity index (χ2v) is 8.17. The van der Waals surface area contributed by atoms with Gasteiger partial charge in [-0.15, -0.1) is 24.8 Å². The van der Waals surface area contributed by atoms with Gasteiger partial charge in [-0.2, -0.15) is 0 Å². The van der Waals surface area contributed by atoms with Gasteiger partial charge in [-0.1, -0.05) is 12.8 Å². The number of aromatic nitrogens is 3. The maximum atomic E-state index is 13.1. The molecule has 1 amide bonds. The first kappa shape index (κ1) is 22.3. The topological polar surface area (TPSA) is 72.3 Å². The number of nitrogens with zero attached hydrogens (tertiary/aromatic N) is 4. The third-order valence-electron chi connectivity index (χ3n) is 6.43. The fraction of sp³-hybridized carbons (Fsp3) is 0.650. The van der Waals surface area contributed by atoms with Crippen LogP contribution in [-0.4, -0.2) is 63.7 Å². The van der Waals surface area contributed by atoms with Crippen molar-refractivity contribution in [1.29, 1.82) is 0 Å². The van der Waals surface area contributed by atoms with Crippen molar-refractivity contribution in [2.45, 2.75) is 50.2 Å². The average molecular weight is 442 g/mol. The molecule has 160 valence electrons. The van der Waals surface area contributed by atoms with Crippen LogP contribution < -0.4 is 5.32 Å². The van der Waals surface area contributed by atoms with Crippen molar-refractivity contribution in [1.82, 2.24) is 24.8 Å². The number of hydrogen-bond donors (Lipinski definition) is 1. The summed E-state index contributed by atoms with van der Waals surface area (Å²) in [4.78, 5) is 24.2. The highest BCUT2D eigenvalue weighted by Gasteiger charge is 2.39. The Kier molecular flexibility index (Phi) is 7.04. The van der Waals surface area contributed by atoms with Gasteiger partial charge in [-0.3, -0.25) is 4.79 Å². The van der Waals surface area contributed by atoms with E-state index in [9.17, 15) is 4.79 Å². The molecule has 4 heterocycles. The average Bonchev–Trinajstić information content (AvgIpc) is 3.37. The summed E-state index contributed by atoms with van der Waals surface area (Å²) in [6.45, 7) is 3.82. The van der Waals surface area contributed by atoms with Crippen LogP contribution in [-0.2, 0) is 4.74 Å². The first-order valence-electron chi connectivity index (χ1n) is 10.2. The molecule has 0 radical (unpaired) electrons. The number of carbonyl (C=O) groups excluding carboxylic acids is 1. The van der Waals surface area contributed by atoms with Crippen molar-refractivity contribution in [3.63, 3.8) is 0 Å². The predicted molar refractivity (Wildman–Crippen MR) is 116 cm³/mol. The van der Waals surface area contributed by atoms with Crippen LogP contribution in [0.2, 0.25) is 0 Å². The van der Waals surface area contributed by atoms with Gasteiger partial charge < -0.3 is 19.5 Å². The van der Waals surface area contributed by atoms with Gasteiger partial charge in [0, 0.05) is 18.8 Å². The van der Waals surface area contributed by atoms with Crippen LogP contribution in [0, 0.1) is 0 Å². The van der Waals surface area contributed by atoms with Crippen molar-refractivity contribution in [3.8, 4) is 0 Å². The lowest BCUT2D eigenvalue weighted by Crippen LogP contribution is -2.57. The molecular weight excluding hydrogens is 413 g/mol. The molecule has 2 saturated heterocycles. The lowest BCUT2D eigenvalue weighted by molar-refractivity contribution is -0.114. The number of hydrogen-bond acceptors (Lipinski definition) is 5. The highest BCUT2D eigenvalue weighted by molar-refractivity contribution is 5.96. The maximum Gasteiger partial charge on any atom is 0.255 e. The number of piperidine rings is 1. The number of amides is 1. The van der Waals surface area contributed by atoms with Crippen LogP contribution in [0.15, 0.2) is 18.6 Å². The van der Waals surface area contributed by atoms with E-state index in [2.05, 4.69) is 19.9 Å². The summed E-state index contributed by atoms with van der Waals surface area (Å²) in [5.41, 5.74) is 2.17. The molecule has 0 atom stereocenters. The number of fused-ring (bicyclic) bond motifs is 1. The van der Waals surface area contributed by atoms with E-state index in [1.165, 1.54) is 25.7 Å². The van der Waals surface area contributed by atoms with E-state index in [1.807, 2.05) is 17.3 Å². The molecule has 1 spiro atoms. The lowest BCUT2D eigenvalue weighted by atomic mass is 9.90. The van der Waals surface area contributed by atoms with Crippen molar-refractivity contribution in [2.24, 2.45) is 0 Å². The smallest absolute Gasteiger partial charge is 0.255 e. The van der Waals surface area contributed by atoms with Crippen LogP contribution in [0.25, 0.3) is 11.2 Å². The Hall–Kier alpha value is -1.41. The van der Waals surface area contributed by atoms with Crippen LogP contribution in [0.3, 0.4) is 0 Å². The number of imidazole rings is 1. The second-order valence-electron chi connectivity index (χ2n) is 8.17. The number of carbonyl (C=O) groups is 1. The quantitative estimate of drug-likeness (QED) is 0.775. The van der Waals surface area contributed by atoms with Crippen LogP contribution >= 0.6 is 24.8 Å². The van der Waals surface area contributed by atoms with E-state index in [0.717, 1.165) is 37.1 Å². The second kappa shape index (κ2) is 9.16. The Morgan fingerprint density at radius 1 is 1.17 bits per heavy atom. The molecule has 1 aliphatic carbocycles. The monoisotopic (exact) mass is 441 g/mol. The standard InChI is InChI=1S/C20H27N5O2.2ClH/c26-19(24-9-10-27-20(13-24)5-7-21-8-6-20)15-11-17-18(22-12-15)25(14-23-17)16-3-1-2-4-16;;/h11-12,14,16,21H,1-10,13H2;2*1H. The molecule has 7 nitrogen and oxygen atoms in total. The number of halogens is 2. The van der Waals surface area contributed by atoms with Crippen LogP contribution in [0.1, 0.15) is 54.9 Å². The Morgan fingerprint density at radius 2 is 1.93 bits per heavy atom. The van der Waals surface area contributed by atoms with Crippen molar-refractivity contribution >= 4 is 41.9 Å². The van der Waals surface area contributed by atoms with E-state index < -0.39 is 0 Å². The molecule has 0 bridgehead atoms. The van der Waals surface area contributed by atoms with Gasteiger partial charge >= 0.3 is 0 Å². The zero-order valence-corrected chi connectivity index (χ0v) is 18.1. The summed E-state index contributed by atoms with van der Waals surface area (Å²) in [6, 6.07) is 2.41. The third-order valence-corrected chi connectivity index (χ3v) is 6.43. The summed E-state index contributed by atoms with van der Waals surface area (Å²) in [7, 11) is 0. The van der Waals surface area contributed by atoms with Gasteiger partial charge in [0.05, 0.1) is 30.6 Å². The zero-order valence-electron chi connectivity index (χ0n) is 16.5. The molecule has 1 N–H and O–H groups in total. The van der Waals surface area contributed by atoms with E-state index >= 15 is 0 Å². The number of rotatable bonds is 2. The summed E-state index contributed by atoms with van der Waals surface area (Å²) < 4.78 is 8.28. The molecule has 2 aromatic heterocycles. The molecule has 0 aromatic carbocycles. The molecular formula is C20H29Cl2N5O2. The normalized spacial score (nSPS) is 21.7. The molecule has 3 aliphatic rings. The molecule has 2 aromatic rings. The minimum atomic E-state index is -0.180. The first-order chi connectivity index (χ1) is 13.2. The van der Waals surface area contributed by atoms with Crippen molar-refractivity contribution < 1.29 is 9.53 Å². The van der Waals surface area contributed by atoms with Gasteiger partial charge in [0.25, 0.3) is 5.91 Å². The molecule has 0 unspecified atom stereocenters. The van der Waals surface area contributed by atoms with Crippen LogP contribution in [0.4, 0.5) is 0 Å². The number of pyridine rings is 1. The first-order valence-corrected chi connectivity index (χ1v) is 10.2. The number of ether oxygens (including phenoxy) is 1. The van der Waals surface area contributed by atoms with E-state index in [4.69, 9.17) is 4.74 Å². The lowest BCUT2D eigenvalue weighted by Gasteiger charge is -2.45. The Morgan fingerprint density at radius 3 is 2.69 bits per heavy atom. The van der Waals surface area contributed by atoms with E-state index in [0.29, 0.717) is 31.3 Å². The molecule has 2 aliphatic heterocycles. The van der Waals surface area contributed by atoms with Gasteiger partial charge in [0.15, 0.2) is 5.65 Å². The Bertz CT molecular complexity index is 841. The summed E-state index contributed by atoms with van der Waals surface area (Å²) in [5, 5.41) is 3.37. The zero-order chi connectivity index (χ0) is 18.3. The van der Waals surface area contributed by atoms with Gasteiger partial charge in [-0.25, -0.2) is 9.97 Å². The summed E-state index contributed by atoms with van der Waals surface area (Å²) >= 11 is 0. The molecule has 1 saturated carbocycles. The number of morpholine rings is 1. The van der Waals surface area contributed by atoms with Gasteiger partial charge in [-0.05, 0) is 44.8 Å². The summed E-state index contributed by atoms with van der Waals surface area (Å²) in [5.74, 6) is 0.0426. The minimum Gasteiger partial charge on any atom is -0.371 e. The molecule has 29 heavy (non-hydrogen) atoms. The van der Waals surface area contributed by atoms with Crippen LogP contribution in [0.5, 0.6) is 0 Å².